The Hall–Kier alpha value is -4.48. The minimum Gasteiger partial charge on any atom is -0.493 e. The zero-order chi connectivity index (χ0) is 20.5. The third kappa shape index (κ3) is 4.37. The number of methoxy groups -OCH3 is 2. The molecule has 1 amide bonds. The van der Waals surface area contributed by atoms with E-state index < -0.39 is 5.91 Å². The van der Waals surface area contributed by atoms with Crippen LogP contribution in [0.1, 0.15) is 10.4 Å². The molecule has 0 atom stereocenters. The average Bonchev–Trinajstić information content (AvgIpc) is 2.73. The van der Waals surface area contributed by atoms with Crippen molar-refractivity contribution in [2.75, 3.05) is 24.9 Å². The monoisotopic (exact) mass is 373 g/mol. The second-order valence-corrected chi connectivity index (χ2v) is 5.28. The van der Waals surface area contributed by atoms with Gasteiger partial charge >= 0.3 is 0 Å². The van der Waals surface area contributed by atoms with Crippen LogP contribution in [0, 0.1) is 34.0 Å². The fraction of sp³-hybridized carbons (Fsp3) is 0.100. The van der Waals surface area contributed by atoms with Crippen molar-refractivity contribution in [3.05, 3.63) is 59.3 Å². The molecule has 2 aromatic rings. The van der Waals surface area contributed by atoms with Crippen molar-refractivity contribution in [2.24, 2.45) is 0 Å². The first-order valence-electron chi connectivity index (χ1n) is 7.92. The van der Waals surface area contributed by atoms with Crippen LogP contribution in [0.3, 0.4) is 0 Å². The maximum Gasteiger partial charge on any atom is 0.257 e. The Balaban J connectivity index is 2.34. The Morgan fingerprint density at radius 3 is 2.18 bits per heavy atom. The minimum absolute atomic E-state index is 0.222. The van der Waals surface area contributed by atoms with Crippen LogP contribution in [-0.2, 0) is 0 Å². The molecule has 28 heavy (non-hydrogen) atoms. The summed E-state index contributed by atoms with van der Waals surface area (Å²) in [5, 5.41) is 32.5. The number of nitriles is 3. The maximum absolute atomic E-state index is 12.7. The zero-order valence-electron chi connectivity index (χ0n) is 15.1. The average molecular weight is 373 g/mol. The van der Waals surface area contributed by atoms with Crippen molar-refractivity contribution in [3.8, 4) is 29.7 Å². The van der Waals surface area contributed by atoms with Crippen molar-refractivity contribution in [1.29, 1.82) is 15.8 Å². The molecule has 0 aromatic heterocycles. The van der Waals surface area contributed by atoms with Crippen LogP contribution >= 0.6 is 0 Å². The van der Waals surface area contributed by atoms with Gasteiger partial charge in [-0.15, -0.1) is 0 Å². The second-order valence-electron chi connectivity index (χ2n) is 5.28. The Bertz CT molecular complexity index is 1040. The number of benzene rings is 2. The SMILES string of the molecule is COc1ccc(NC(=O)c2ccccc2NC(C#N)=C(C#N)C#N)cc1OC. The number of ether oxygens (including phenoxy) is 2. The van der Waals surface area contributed by atoms with E-state index >= 15 is 0 Å². The number of carbonyl (C=O) groups excluding carboxylic acids is 1. The maximum atomic E-state index is 12.7. The van der Waals surface area contributed by atoms with Gasteiger partial charge in [0.15, 0.2) is 17.1 Å². The molecule has 0 spiro atoms. The molecule has 0 unspecified atom stereocenters. The van der Waals surface area contributed by atoms with Gasteiger partial charge < -0.3 is 20.1 Å². The van der Waals surface area contributed by atoms with E-state index in [0.717, 1.165) is 0 Å². The first-order chi connectivity index (χ1) is 13.6. The predicted octanol–water partition coefficient (Wildman–Crippen LogP) is 3.19. The number of rotatable bonds is 6. The number of anilines is 2. The number of nitrogens with one attached hydrogen (secondary N) is 2. The number of hydrogen-bond acceptors (Lipinski definition) is 7. The van der Waals surface area contributed by atoms with Gasteiger partial charge in [0.05, 0.1) is 25.5 Å². The molecule has 0 bridgehead atoms. The highest BCUT2D eigenvalue weighted by Gasteiger charge is 2.15. The lowest BCUT2D eigenvalue weighted by molar-refractivity contribution is 0.102. The predicted molar refractivity (Wildman–Crippen MR) is 101 cm³/mol. The smallest absolute Gasteiger partial charge is 0.257 e. The van der Waals surface area contributed by atoms with Gasteiger partial charge in [0.25, 0.3) is 5.91 Å². The molecular formula is C20H15N5O3. The molecule has 0 radical (unpaired) electrons. The van der Waals surface area contributed by atoms with E-state index in [0.29, 0.717) is 17.2 Å². The molecule has 0 saturated heterocycles. The molecule has 138 valence electrons. The van der Waals surface area contributed by atoms with Crippen molar-refractivity contribution in [3.63, 3.8) is 0 Å². The summed E-state index contributed by atoms with van der Waals surface area (Å²) < 4.78 is 10.4. The molecule has 8 heteroatoms. The van der Waals surface area contributed by atoms with Crippen molar-refractivity contribution in [1.82, 2.24) is 0 Å². The van der Waals surface area contributed by atoms with E-state index in [4.69, 9.17) is 20.0 Å². The van der Waals surface area contributed by atoms with Crippen LogP contribution in [0.4, 0.5) is 11.4 Å². The summed E-state index contributed by atoms with van der Waals surface area (Å²) in [5.41, 5.74) is 0.359. The lowest BCUT2D eigenvalue weighted by Crippen LogP contribution is -2.15. The number of nitrogens with zero attached hydrogens (tertiary/aromatic N) is 3. The molecule has 0 aliphatic carbocycles. The van der Waals surface area contributed by atoms with Crippen molar-refractivity contribution in [2.45, 2.75) is 0 Å². The number of hydrogen-bond donors (Lipinski definition) is 2. The standard InChI is InChI=1S/C20H15N5O3/c1-27-18-8-7-14(9-19(18)28-2)24-20(26)15-5-3-4-6-16(15)25-17(12-23)13(10-21)11-22/h3-9,25H,1-2H3,(H,24,26). The van der Waals surface area contributed by atoms with Gasteiger partial charge in [0.1, 0.15) is 23.9 Å². The Morgan fingerprint density at radius 2 is 1.57 bits per heavy atom. The summed E-state index contributed by atoms with van der Waals surface area (Å²) in [6, 6.07) is 16.4. The molecule has 8 nitrogen and oxygen atoms in total. The third-order valence-corrected chi connectivity index (χ3v) is 3.66. The van der Waals surface area contributed by atoms with E-state index in [1.165, 1.54) is 14.2 Å². The topological polar surface area (TPSA) is 131 Å². The van der Waals surface area contributed by atoms with Crippen molar-refractivity contribution < 1.29 is 14.3 Å². The first kappa shape index (κ1) is 19.8. The van der Waals surface area contributed by atoms with Gasteiger partial charge in [-0.05, 0) is 24.3 Å². The summed E-state index contributed by atoms with van der Waals surface area (Å²) in [6.45, 7) is 0. The van der Waals surface area contributed by atoms with E-state index in [9.17, 15) is 10.1 Å². The number of allylic oxidation sites excluding steroid dienone is 2. The number of carbonyl (C=O) groups is 1. The normalized spacial score (nSPS) is 9.11. The van der Waals surface area contributed by atoms with E-state index in [2.05, 4.69) is 10.6 Å². The number of para-hydroxylation sites is 1. The Morgan fingerprint density at radius 1 is 0.893 bits per heavy atom. The van der Waals surface area contributed by atoms with Crippen LogP contribution in [0.25, 0.3) is 0 Å². The second kappa shape index (κ2) is 9.28. The third-order valence-electron chi connectivity index (χ3n) is 3.66. The highest BCUT2D eigenvalue weighted by molar-refractivity contribution is 6.08. The summed E-state index contributed by atoms with van der Waals surface area (Å²) in [6.07, 6.45) is 0. The van der Waals surface area contributed by atoms with Gasteiger partial charge in [-0.1, -0.05) is 12.1 Å². The van der Waals surface area contributed by atoms with Crippen LogP contribution < -0.4 is 20.1 Å². The zero-order valence-corrected chi connectivity index (χ0v) is 15.1. The summed E-state index contributed by atoms with van der Waals surface area (Å²) in [4.78, 5) is 12.7. The van der Waals surface area contributed by atoms with Crippen LogP contribution in [0.15, 0.2) is 53.7 Å². The first-order valence-corrected chi connectivity index (χ1v) is 7.92. The lowest BCUT2D eigenvalue weighted by Gasteiger charge is -2.13. The van der Waals surface area contributed by atoms with Gasteiger partial charge in [-0.25, -0.2) is 0 Å². The molecule has 0 aliphatic heterocycles. The molecule has 0 aliphatic rings. The largest absolute Gasteiger partial charge is 0.493 e. The molecule has 2 N–H and O–H groups in total. The Kier molecular flexibility index (Phi) is 6.58. The molecular weight excluding hydrogens is 358 g/mol. The summed E-state index contributed by atoms with van der Waals surface area (Å²) in [5.74, 6) is 0.518. The van der Waals surface area contributed by atoms with Crippen LogP contribution in [0.2, 0.25) is 0 Å². The van der Waals surface area contributed by atoms with Crippen LogP contribution in [0.5, 0.6) is 11.5 Å². The molecule has 2 rings (SSSR count). The van der Waals surface area contributed by atoms with Gasteiger partial charge in [0.2, 0.25) is 0 Å². The molecule has 0 fully saturated rings. The van der Waals surface area contributed by atoms with Gasteiger partial charge in [-0.2, -0.15) is 15.8 Å². The summed E-state index contributed by atoms with van der Waals surface area (Å²) in [7, 11) is 3.00. The molecule has 0 saturated carbocycles. The fourth-order valence-electron chi connectivity index (χ4n) is 2.32. The Labute approximate surface area is 161 Å². The molecule has 2 aromatic carbocycles. The quantitative estimate of drug-likeness (QED) is 0.743. The highest BCUT2D eigenvalue weighted by Crippen LogP contribution is 2.30. The number of amides is 1. The minimum atomic E-state index is -0.455. The lowest BCUT2D eigenvalue weighted by atomic mass is 10.1. The van der Waals surface area contributed by atoms with E-state index in [1.54, 1.807) is 60.7 Å². The van der Waals surface area contributed by atoms with Crippen molar-refractivity contribution >= 4 is 17.3 Å². The fourth-order valence-corrected chi connectivity index (χ4v) is 2.32. The van der Waals surface area contributed by atoms with Gasteiger partial charge in [0, 0.05) is 11.8 Å². The molecule has 0 heterocycles. The van der Waals surface area contributed by atoms with E-state index in [-0.39, 0.29) is 22.5 Å². The van der Waals surface area contributed by atoms with E-state index in [1.807, 2.05) is 0 Å². The van der Waals surface area contributed by atoms with Gasteiger partial charge in [-0.3, -0.25) is 4.79 Å². The van der Waals surface area contributed by atoms with Crippen LogP contribution in [-0.4, -0.2) is 20.1 Å². The summed E-state index contributed by atoms with van der Waals surface area (Å²) >= 11 is 0. The highest BCUT2D eigenvalue weighted by atomic mass is 16.5.